The first-order valence-electron chi connectivity index (χ1n) is 9.14. The van der Waals surface area contributed by atoms with Gasteiger partial charge in [-0.3, -0.25) is 0 Å². The van der Waals surface area contributed by atoms with Crippen molar-refractivity contribution in [1.29, 1.82) is 0 Å². The number of esters is 1. The van der Waals surface area contributed by atoms with E-state index >= 15 is 0 Å². The summed E-state index contributed by atoms with van der Waals surface area (Å²) in [6, 6.07) is 22.7. The zero-order chi connectivity index (χ0) is 20.2. The van der Waals surface area contributed by atoms with Crippen LogP contribution in [-0.2, 0) is 16.1 Å². The molecule has 0 spiro atoms. The van der Waals surface area contributed by atoms with Crippen LogP contribution >= 0.6 is 11.6 Å². The van der Waals surface area contributed by atoms with Crippen molar-refractivity contribution >= 4 is 29.5 Å². The summed E-state index contributed by atoms with van der Waals surface area (Å²) in [6.07, 6.45) is 1.70. The molecule has 3 aromatic carbocycles. The fraction of sp³-hybridized carbons (Fsp3) is 0.0833. The van der Waals surface area contributed by atoms with Crippen LogP contribution in [0.25, 0.3) is 6.08 Å². The lowest BCUT2D eigenvalue weighted by atomic mass is 10.1. The number of aryl methyl sites for hydroxylation is 1. The van der Waals surface area contributed by atoms with E-state index in [1.807, 2.05) is 79.7 Å². The second-order valence-electron chi connectivity index (χ2n) is 6.69. The molecule has 0 unspecified atom stereocenters. The van der Waals surface area contributed by atoms with Crippen LogP contribution in [0.15, 0.2) is 83.5 Å². The molecular formula is C24H18ClNO3. The van der Waals surface area contributed by atoms with Crippen molar-refractivity contribution in [3.63, 3.8) is 0 Å². The Hall–Kier alpha value is -3.37. The molecule has 144 valence electrons. The maximum Gasteiger partial charge on any atom is 0.363 e. The molecule has 0 saturated carbocycles. The number of carbonyl (C=O) groups excluding carboxylic acids is 1. The van der Waals surface area contributed by atoms with Gasteiger partial charge in [0.1, 0.15) is 12.4 Å². The Morgan fingerprint density at radius 3 is 2.34 bits per heavy atom. The van der Waals surface area contributed by atoms with Gasteiger partial charge >= 0.3 is 5.97 Å². The summed E-state index contributed by atoms with van der Waals surface area (Å²) < 4.78 is 11.1. The second-order valence-corrected chi connectivity index (χ2v) is 7.12. The maximum absolute atomic E-state index is 12.1. The molecule has 5 heteroatoms. The van der Waals surface area contributed by atoms with Crippen molar-refractivity contribution in [2.75, 3.05) is 0 Å². The molecule has 29 heavy (non-hydrogen) atoms. The summed E-state index contributed by atoms with van der Waals surface area (Å²) in [5.41, 5.74) is 4.05. The van der Waals surface area contributed by atoms with E-state index in [1.165, 1.54) is 0 Å². The summed E-state index contributed by atoms with van der Waals surface area (Å²) in [5.74, 6) is 0.604. The molecular weight excluding hydrogens is 386 g/mol. The van der Waals surface area contributed by atoms with Gasteiger partial charge in [-0.15, -0.1) is 0 Å². The topological polar surface area (TPSA) is 47.9 Å². The van der Waals surface area contributed by atoms with Gasteiger partial charge in [-0.05, 0) is 60.5 Å². The van der Waals surface area contributed by atoms with Gasteiger partial charge in [0.15, 0.2) is 5.70 Å². The summed E-state index contributed by atoms with van der Waals surface area (Å²) in [6.45, 7) is 2.45. The molecule has 0 amide bonds. The number of benzene rings is 3. The normalized spacial score (nSPS) is 14.6. The van der Waals surface area contributed by atoms with Crippen LogP contribution in [0, 0.1) is 6.92 Å². The molecule has 0 aliphatic carbocycles. The van der Waals surface area contributed by atoms with E-state index in [0.717, 1.165) is 28.0 Å². The van der Waals surface area contributed by atoms with E-state index < -0.39 is 5.97 Å². The molecule has 0 aromatic heterocycles. The van der Waals surface area contributed by atoms with Gasteiger partial charge in [-0.2, -0.15) is 0 Å². The van der Waals surface area contributed by atoms with E-state index in [4.69, 9.17) is 21.1 Å². The number of rotatable bonds is 5. The summed E-state index contributed by atoms with van der Waals surface area (Å²) in [5, 5.41) is 0.699. The minimum absolute atomic E-state index is 0.274. The lowest BCUT2D eigenvalue weighted by Crippen LogP contribution is -2.05. The second kappa shape index (κ2) is 8.33. The maximum atomic E-state index is 12.1. The molecule has 1 aliphatic heterocycles. The fourth-order valence-electron chi connectivity index (χ4n) is 2.79. The predicted octanol–water partition coefficient (Wildman–Crippen LogP) is 5.57. The Kier molecular flexibility index (Phi) is 5.45. The Labute approximate surface area is 174 Å². The number of aliphatic imine (C=N–C) groups is 1. The summed E-state index contributed by atoms with van der Waals surface area (Å²) in [4.78, 5) is 16.5. The van der Waals surface area contributed by atoms with Crippen molar-refractivity contribution in [1.82, 2.24) is 0 Å². The predicted molar refractivity (Wildman–Crippen MR) is 114 cm³/mol. The molecule has 3 aromatic rings. The molecule has 1 aliphatic rings. The van der Waals surface area contributed by atoms with Crippen LogP contribution in [-0.4, -0.2) is 11.9 Å². The highest BCUT2D eigenvalue weighted by Gasteiger charge is 2.23. The zero-order valence-corrected chi connectivity index (χ0v) is 16.5. The fourth-order valence-corrected chi connectivity index (χ4v) is 2.92. The van der Waals surface area contributed by atoms with E-state index in [2.05, 4.69) is 4.99 Å². The van der Waals surface area contributed by atoms with Crippen LogP contribution in [0.1, 0.15) is 22.3 Å². The largest absolute Gasteiger partial charge is 0.489 e. The molecule has 1 heterocycles. The lowest BCUT2D eigenvalue weighted by Gasteiger charge is -2.06. The number of carbonyl (C=O) groups is 1. The van der Waals surface area contributed by atoms with Crippen molar-refractivity contribution in [3.05, 3.63) is 106 Å². The van der Waals surface area contributed by atoms with Gasteiger partial charge in [-0.1, -0.05) is 53.6 Å². The third-order valence-electron chi connectivity index (χ3n) is 4.42. The first-order chi connectivity index (χ1) is 14.1. The van der Waals surface area contributed by atoms with Gasteiger partial charge in [0.05, 0.1) is 0 Å². The minimum Gasteiger partial charge on any atom is -0.489 e. The Morgan fingerprint density at radius 2 is 1.66 bits per heavy atom. The third kappa shape index (κ3) is 4.73. The average molecular weight is 404 g/mol. The standard InChI is InChI=1S/C24H18ClNO3/c1-16-2-8-19(9-3-16)23-26-22(24(27)29-23)14-17-6-12-21(13-7-17)28-15-18-4-10-20(25)11-5-18/h2-14H,15H2,1H3/b22-14-. The smallest absolute Gasteiger partial charge is 0.363 e. The monoisotopic (exact) mass is 403 g/mol. The van der Waals surface area contributed by atoms with Crippen molar-refractivity contribution in [2.24, 2.45) is 4.99 Å². The lowest BCUT2D eigenvalue weighted by molar-refractivity contribution is -0.129. The van der Waals surface area contributed by atoms with Crippen LogP contribution < -0.4 is 4.74 Å². The van der Waals surface area contributed by atoms with E-state index in [-0.39, 0.29) is 5.70 Å². The molecule has 0 bridgehead atoms. The van der Waals surface area contributed by atoms with E-state index in [9.17, 15) is 4.79 Å². The molecule has 4 nitrogen and oxygen atoms in total. The van der Waals surface area contributed by atoms with Gasteiger partial charge in [0.25, 0.3) is 0 Å². The molecule has 4 rings (SSSR count). The van der Waals surface area contributed by atoms with Crippen molar-refractivity contribution in [3.8, 4) is 5.75 Å². The molecule has 0 fully saturated rings. The SMILES string of the molecule is Cc1ccc(C2=N/C(=C\c3ccc(OCc4ccc(Cl)cc4)cc3)C(=O)O2)cc1. The van der Waals surface area contributed by atoms with Gasteiger partial charge in [0.2, 0.25) is 5.90 Å². The van der Waals surface area contributed by atoms with E-state index in [1.54, 1.807) is 6.08 Å². The van der Waals surface area contributed by atoms with Crippen LogP contribution in [0.2, 0.25) is 5.02 Å². The van der Waals surface area contributed by atoms with Crippen LogP contribution in [0.4, 0.5) is 0 Å². The van der Waals surface area contributed by atoms with Crippen LogP contribution in [0.3, 0.4) is 0 Å². The number of halogens is 1. The highest BCUT2D eigenvalue weighted by molar-refractivity contribution is 6.30. The van der Waals surface area contributed by atoms with Gasteiger partial charge in [0, 0.05) is 10.6 Å². The first kappa shape index (κ1) is 19.0. The molecule has 0 radical (unpaired) electrons. The minimum atomic E-state index is -0.455. The quantitative estimate of drug-likeness (QED) is 0.413. The number of hydrogen-bond acceptors (Lipinski definition) is 4. The highest BCUT2D eigenvalue weighted by atomic mass is 35.5. The number of nitrogens with zero attached hydrogens (tertiary/aromatic N) is 1. The Balaban J connectivity index is 1.44. The average Bonchev–Trinajstić information content (AvgIpc) is 3.09. The summed E-state index contributed by atoms with van der Waals surface area (Å²) in [7, 11) is 0. The van der Waals surface area contributed by atoms with Crippen LogP contribution in [0.5, 0.6) is 5.75 Å². The zero-order valence-electron chi connectivity index (χ0n) is 15.8. The number of hydrogen-bond donors (Lipinski definition) is 0. The van der Waals surface area contributed by atoms with Crippen molar-refractivity contribution in [2.45, 2.75) is 13.5 Å². The first-order valence-corrected chi connectivity index (χ1v) is 9.51. The van der Waals surface area contributed by atoms with Gasteiger partial charge in [-0.25, -0.2) is 9.79 Å². The Morgan fingerprint density at radius 1 is 0.966 bits per heavy atom. The number of ether oxygens (including phenoxy) is 2. The Bertz CT molecular complexity index is 1080. The molecule has 0 saturated heterocycles. The highest BCUT2D eigenvalue weighted by Crippen LogP contribution is 2.21. The summed E-state index contributed by atoms with van der Waals surface area (Å²) >= 11 is 5.89. The van der Waals surface area contributed by atoms with Crippen molar-refractivity contribution < 1.29 is 14.3 Å². The molecule has 0 atom stereocenters. The van der Waals surface area contributed by atoms with Gasteiger partial charge < -0.3 is 9.47 Å². The number of cyclic esters (lactones) is 1. The molecule has 0 N–H and O–H groups in total. The third-order valence-corrected chi connectivity index (χ3v) is 4.67. The van der Waals surface area contributed by atoms with E-state index in [0.29, 0.717) is 17.5 Å².